The van der Waals surface area contributed by atoms with Crippen molar-refractivity contribution in [3.05, 3.63) is 58.0 Å². The number of hydrogen-bond acceptors (Lipinski definition) is 4. The van der Waals surface area contributed by atoms with Crippen LogP contribution in [0.15, 0.2) is 41.2 Å². The third kappa shape index (κ3) is 4.24. The lowest BCUT2D eigenvalue weighted by molar-refractivity contribution is 0.284. The van der Waals surface area contributed by atoms with Crippen molar-refractivity contribution in [1.29, 1.82) is 0 Å². The Morgan fingerprint density at radius 1 is 0.933 bits per heavy atom. The highest BCUT2D eigenvalue weighted by Crippen LogP contribution is 2.29. The molecule has 0 aliphatic heterocycles. The second kappa shape index (κ2) is 8.96. The lowest BCUT2D eigenvalue weighted by Gasteiger charge is -2.23. The van der Waals surface area contributed by atoms with Crippen LogP contribution in [0.4, 0.5) is 0 Å². The zero-order valence-corrected chi connectivity index (χ0v) is 18.1. The first kappa shape index (κ1) is 20.5. The van der Waals surface area contributed by atoms with Crippen LogP contribution in [0.2, 0.25) is 0 Å². The minimum Gasteiger partial charge on any atom is -0.493 e. The maximum Gasteiger partial charge on any atom is 0.328 e. The van der Waals surface area contributed by atoms with E-state index in [1.165, 1.54) is 37.7 Å². The van der Waals surface area contributed by atoms with Gasteiger partial charge in [0, 0.05) is 26.7 Å². The summed E-state index contributed by atoms with van der Waals surface area (Å²) in [5, 5.41) is 3.67. The summed E-state index contributed by atoms with van der Waals surface area (Å²) in [6.45, 7) is 1.26. The molecule has 6 heteroatoms. The molecule has 1 aliphatic rings. The summed E-state index contributed by atoms with van der Waals surface area (Å²) in [7, 11) is 5.25. The van der Waals surface area contributed by atoms with E-state index in [4.69, 9.17) is 9.47 Å². The fourth-order valence-electron chi connectivity index (χ4n) is 4.31. The molecule has 4 rings (SSSR count). The number of hydrogen-bond donors (Lipinski definition) is 1. The second-order valence-electron chi connectivity index (χ2n) is 8.21. The lowest BCUT2D eigenvalue weighted by atomic mass is 9.95. The molecule has 1 fully saturated rings. The van der Waals surface area contributed by atoms with Gasteiger partial charge in [0.1, 0.15) is 6.61 Å². The largest absolute Gasteiger partial charge is 0.493 e. The average molecular weight is 410 g/mol. The molecule has 2 aromatic carbocycles. The van der Waals surface area contributed by atoms with Crippen LogP contribution in [-0.2, 0) is 27.2 Å². The van der Waals surface area contributed by atoms with E-state index in [0.717, 1.165) is 34.6 Å². The maximum absolute atomic E-state index is 12.1. The topological polar surface area (TPSA) is 57.4 Å². The Morgan fingerprint density at radius 2 is 1.67 bits per heavy atom. The third-order valence-electron chi connectivity index (χ3n) is 6.16. The lowest BCUT2D eigenvalue weighted by Crippen LogP contribution is -2.30. The molecule has 1 N–H and O–H groups in total. The monoisotopic (exact) mass is 409 g/mol. The average Bonchev–Trinajstić information content (AvgIpc) is 3.00. The standard InChI is InChI=1S/C24H31N3O3/c1-26-20-11-9-18(13-21(20)27(2)24(26)28)16-30-22-12-10-17(14-23(22)29-3)15-25-19-7-5-4-6-8-19/h9-14,19,25H,4-8,15-16H2,1-3H3. The van der Waals surface area contributed by atoms with E-state index in [1.54, 1.807) is 30.3 Å². The molecule has 0 radical (unpaired) electrons. The van der Waals surface area contributed by atoms with Gasteiger partial charge in [0.25, 0.3) is 0 Å². The number of aromatic nitrogens is 2. The number of ether oxygens (including phenoxy) is 2. The van der Waals surface area contributed by atoms with E-state index >= 15 is 0 Å². The number of nitrogens with one attached hydrogen (secondary N) is 1. The van der Waals surface area contributed by atoms with E-state index in [-0.39, 0.29) is 5.69 Å². The molecular formula is C24H31N3O3. The summed E-state index contributed by atoms with van der Waals surface area (Å²) in [4.78, 5) is 12.1. The normalized spacial score (nSPS) is 14.9. The summed E-state index contributed by atoms with van der Waals surface area (Å²) in [5.74, 6) is 1.46. The zero-order valence-electron chi connectivity index (χ0n) is 18.1. The zero-order chi connectivity index (χ0) is 21.1. The fraction of sp³-hybridized carbons (Fsp3) is 0.458. The Bertz CT molecular complexity index is 1080. The van der Waals surface area contributed by atoms with Crippen molar-refractivity contribution in [2.75, 3.05) is 7.11 Å². The maximum atomic E-state index is 12.1. The van der Waals surface area contributed by atoms with Crippen LogP contribution in [-0.4, -0.2) is 22.3 Å². The first-order chi connectivity index (χ1) is 14.6. The molecule has 1 heterocycles. The van der Waals surface area contributed by atoms with Crippen LogP contribution in [0, 0.1) is 0 Å². The highest BCUT2D eigenvalue weighted by Gasteiger charge is 2.14. The Morgan fingerprint density at radius 3 is 2.43 bits per heavy atom. The third-order valence-corrected chi connectivity index (χ3v) is 6.16. The predicted molar refractivity (Wildman–Crippen MR) is 119 cm³/mol. The summed E-state index contributed by atoms with van der Waals surface area (Å²) in [6.07, 6.45) is 6.57. The van der Waals surface area contributed by atoms with Crippen LogP contribution in [0.3, 0.4) is 0 Å². The summed E-state index contributed by atoms with van der Waals surface area (Å²) < 4.78 is 14.9. The van der Waals surface area contributed by atoms with Crippen molar-refractivity contribution in [2.45, 2.75) is 51.3 Å². The number of aryl methyl sites for hydroxylation is 2. The SMILES string of the molecule is COc1cc(CNC2CCCCC2)ccc1OCc1ccc2c(c1)n(C)c(=O)n2C. The number of fused-ring (bicyclic) bond motifs is 1. The fourth-order valence-corrected chi connectivity index (χ4v) is 4.31. The number of rotatable bonds is 7. The van der Waals surface area contributed by atoms with Crippen LogP contribution < -0.4 is 20.5 Å². The van der Waals surface area contributed by atoms with Gasteiger partial charge in [-0.25, -0.2) is 4.79 Å². The highest BCUT2D eigenvalue weighted by atomic mass is 16.5. The van der Waals surface area contributed by atoms with Crippen LogP contribution >= 0.6 is 0 Å². The molecule has 0 atom stereocenters. The van der Waals surface area contributed by atoms with Gasteiger partial charge in [0.15, 0.2) is 11.5 Å². The van der Waals surface area contributed by atoms with E-state index in [0.29, 0.717) is 12.6 Å². The number of imidazole rings is 1. The van der Waals surface area contributed by atoms with E-state index in [1.807, 2.05) is 24.3 Å². The van der Waals surface area contributed by atoms with Crippen molar-refractivity contribution < 1.29 is 9.47 Å². The number of nitrogens with zero attached hydrogens (tertiary/aromatic N) is 2. The Labute approximate surface area is 177 Å². The molecular weight excluding hydrogens is 378 g/mol. The van der Waals surface area contributed by atoms with Crippen molar-refractivity contribution >= 4 is 11.0 Å². The van der Waals surface area contributed by atoms with Crippen LogP contribution in [0.5, 0.6) is 11.5 Å². The van der Waals surface area contributed by atoms with E-state index < -0.39 is 0 Å². The van der Waals surface area contributed by atoms with Gasteiger partial charge < -0.3 is 14.8 Å². The summed E-state index contributed by atoms with van der Waals surface area (Å²) in [5.41, 5.74) is 4.00. The van der Waals surface area contributed by atoms with Gasteiger partial charge in [-0.3, -0.25) is 9.13 Å². The van der Waals surface area contributed by atoms with Gasteiger partial charge in [-0.15, -0.1) is 0 Å². The van der Waals surface area contributed by atoms with Crippen molar-refractivity contribution in [3.63, 3.8) is 0 Å². The molecule has 160 valence electrons. The molecule has 1 aliphatic carbocycles. The van der Waals surface area contributed by atoms with Crippen LogP contribution in [0.25, 0.3) is 11.0 Å². The molecule has 30 heavy (non-hydrogen) atoms. The van der Waals surface area contributed by atoms with Gasteiger partial charge in [0.2, 0.25) is 0 Å². The van der Waals surface area contributed by atoms with Gasteiger partial charge in [-0.05, 0) is 48.2 Å². The van der Waals surface area contributed by atoms with Crippen molar-refractivity contribution in [1.82, 2.24) is 14.5 Å². The molecule has 3 aromatic rings. The minimum absolute atomic E-state index is 0.0258. The highest BCUT2D eigenvalue weighted by molar-refractivity contribution is 5.76. The smallest absolute Gasteiger partial charge is 0.328 e. The Balaban J connectivity index is 1.43. The summed E-state index contributed by atoms with van der Waals surface area (Å²) in [6, 6.07) is 12.7. The first-order valence-electron chi connectivity index (χ1n) is 10.7. The van der Waals surface area contributed by atoms with Gasteiger partial charge >= 0.3 is 5.69 Å². The Kier molecular flexibility index (Phi) is 6.13. The van der Waals surface area contributed by atoms with Gasteiger partial charge in [0.05, 0.1) is 18.1 Å². The first-order valence-corrected chi connectivity index (χ1v) is 10.7. The van der Waals surface area contributed by atoms with E-state index in [9.17, 15) is 4.79 Å². The number of benzene rings is 2. The molecule has 0 bridgehead atoms. The molecule has 0 spiro atoms. The van der Waals surface area contributed by atoms with Crippen LogP contribution in [0.1, 0.15) is 43.2 Å². The Hall–Kier alpha value is -2.73. The quantitative estimate of drug-likeness (QED) is 0.643. The van der Waals surface area contributed by atoms with Gasteiger partial charge in [-0.1, -0.05) is 31.4 Å². The minimum atomic E-state index is -0.0258. The second-order valence-corrected chi connectivity index (χ2v) is 8.21. The molecule has 0 saturated heterocycles. The van der Waals surface area contributed by atoms with Crippen molar-refractivity contribution in [3.8, 4) is 11.5 Å². The predicted octanol–water partition coefficient (Wildman–Crippen LogP) is 3.89. The molecule has 6 nitrogen and oxygen atoms in total. The van der Waals surface area contributed by atoms with Crippen molar-refractivity contribution in [2.24, 2.45) is 14.1 Å². The molecule has 0 amide bonds. The molecule has 1 saturated carbocycles. The van der Waals surface area contributed by atoms with Gasteiger partial charge in [-0.2, -0.15) is 0 Å². The van der Waals surface area contributed by atoms with E-state index in [2.05, 4.69) is 17.4 Å². The molecule has 0 unspecified atom stereocenters. The summed E-state index contributed by atoms with van der Waals surface area (Å²) >= 11 is 0. The molecule has 1 aromatic heterocycles. The number of methoxy groups -OCH3 is 1.